The normalized spacial score (nSPS) is 13.5. The van der Waals surface area contributed by atoms with Crippen molar-refractivity contribution < 1.29 is 46.8 Å². The fraction of sp³-hybridized carbons (Fsp3) is 0.289. The summed E-state index contributed by atoms with van der Waals surface area (Å²) in [4.78, 5) is 26.8. The van der Waals surface area contributed by atoms with Crippen LogP contribution < -0.4 is 24.4 Å². The summed E-state index contributed by atoms with van der Waals surface area (Å²) in [5.74, 6) is -1.83. The number of pyridine rings is 1. The summed E-state index contributed by atoms with van der Waals surface area (Å²) < 4.78 is 58.3. The molecule has 0 fully saturated rings. The lowest BCUT2D eigenvalue weighted by molar-refractivity contribution is -0.617. The van der Waals surface area contributed by atoms with Crippen molar-refractivity contribution >= 4 is 29.3 Å². The number of carbonyl (C=O) groups excluding carboxylic acids is 2. The Balaban J connectivity index is 1.39. The minimum atomic E-state index is -5.13. The van der Waals surface area contributed by atoms with Gasteiger partial charge in [-0.1, -0.05) is 37.6 Å². The second-order valence-corrected chi connectivity index (χ2v) is 11.8. The Morgan fingerprint density at radius 2 is 1.76 bits per heavy atom. The van der Waals surface area contributed by atoms with Crippen molar-refractivity contribution in [2.75, 3.05) is 43.7 Å². The van der Waals surface area contributed by atoms with Gasteiger partial charge in [0.1, 0.15) is 18.1 Å². The zero-order valence-electron chi connectivity index (χ0n) is 28.1. The Morgan fingerprint density at radius 3 is 2.47 bits per heavy atom. The Hall–Kier alpha value is -5.40. The fourth-order valence-electron chi connectivity index (χ4n) is 5.60. The molecule has 0 saturated heterocycles. The Bertz CT molecular complexity index is 1880. The van der Waals surface area contributed by atoms with E-state index in [1.807, 2.05) is 12.1 Å². The van der Waals surface area contributed by atoms with Crippen LogP contribution in [0.25, 0.3) is 17.2 Å². The third-order valence-electron chi connectivity index (χ3n) is 8.28. The van der Waals surface area contributed by atoms with E-state index in [1.165, 1.54) is 55.8 Å². The average Bonchev–Trinajstić information content (AvgIpc) is 3.32. The number of amides is 2. The molecule has 10 nitrogen and oxygen atoms in total. The molecule has 3 aromatic carbocycles. The van der Waals surface area contributed by atoms with Crippen LogP contribution in [0, 0.1) is 5.21 Å². The maximum absolute atomic E-state index is 13.7. The molecule has 1 unspecified atom stereocenters. The number of fused-ring (bicyclic) bond motifs is 1. The van der Waals surface area contributed by atoms with Gasteiger partial charge in [-0.2, -0.15) is 17.9 Å². The minimum absolute atomic E-state index is 0.0171. The molecule has 0 radical (unpaired) electrons. The minimum Gasteiger partial charge on any atom is -0.618 e. The number of unbranched alkanes of at least 4 members (excludes halogenated alkanes) is 1. The third-order valence-corrected chi connectivity index (χ3v) is 8.28. The number of hydrogen-bond donors (Lipinski definition) is 2. The number of methoxy groups -OCH3 is 1. The molecule has 0 saturated carbocycles. The van der Waals surface area contributed by atoms with E-state index in [-0.39, 0.29) is 45.9 Å². The third kappa shape index (κ3) is 9.04. The predicted molar refractivity (Wildman–Crippen MR) is 185 cm³/mol. The number of aromatic nitrogens is 1. The van der Waals surface area contributed by atoms with E-state index < -0.39 is 30.6 Å². The van der Waals surface area contributed by atoms with Crippen LogP contribution in [-0.4, -0.2) is 56.6 Å². The van der Waals surface area contributed by atoms with Crippen molar-refractivity contribution in [2.45, 2.75) is 38.5 Å². The first-order valence-electron chi connectivity index (χ1n) is 16.4. The molecule has 0 aliphatic carbocycles. The monoisotopic (exact) mass is 705 g/mol. The number of hydrogen-bond acceptors (Lipinski definition) is 7. The summed E-state index contributed by atoms with van der Waals surface area (Å²) >= 11 is 0. The highest BCUT2D eigenvalue weighted by Crippen LogP contribution is 2.36. The molecule has 0 bridgehead atoms. The summed E-state index contributed by atoms with van der Waals surface area (Å²) in [5, 5.41) is 25.8. The average molecular weight is 706 g/mol. The maximum Gasteiger partial charge on any atom is 0.471 e. The first kappa shape index (κ1) is 36.9. The highest BCUT2D eigenvalue weighted by atomic mass is 19.4. The number of nitrogens with one attached hydrogen (secondary N) is 1. The van der Waals surface area contributed by atoms with Crippen LogP contribution in [0.15, 0.2) is 90.6 Å². The fourth-order valence-corrected chi connectivity index (χ4v) is 5.60. The van der Waals surface area contributed by atoms with Crippen molar-refractivity contribution in [1.29, 1.82) is 0 Å². The number of ether oxygens (including phenoxy) is 3. The molecule has 5 rings (SSSR count). The summed E-state index contributed by atoms with van der Waals surface area (Å²) in [7, 11) is 1.37. The Labute approximate surface area is 293 Å². The topological polar surface area (TPSA) is 124 Å². The molecule has 2 N–H and O–H groups in total. The van der Waals surface area contributed by atoms with Crippen LogP contribution in [0.4, 0.5) is 24.5 Å². The Kier molecular flexibility index (Phi) is 12.0. The number of rotatable bonds is 13. The van der Waals surface area contributed by atoms with E-state index in [0.717, 1.165) is 18.4 Å². The van der Waals surface area contributed by atoms with Gasteiger partial charge in [0.15, 0.2) is 12.3 Å². The second kappa shape index (κ2) is 16.5. The van der Waals surface area contributed by atoms with Gasteiger partial charge in [-0.3, -0.25) is 9.59 Å². The van der Waals surface area contributed by atoms with Crippen LogP contribution >= 0.6 is 0 Å². The largest absolute Gasteiger partial charge is 0.618 e. The molecule has 0 spiro atoms. The number of benzene rings is 3. The van der Waals surface area contributed by atoms with Gasteiger partial charge in [0, 0.05) is 48.2 Å². The molecule has 2 heterocycles. The van der Waals surface area contributed by atoms with Crippen LogP contribution in [-0.2, 0) is 14.3 Å². The van der Waals surface area contributed by atoms with Crippen molar-refractivity contribution in [3.05, 3.63) is 113 Å². The van der Waals surface area contributed by atoms with E-state index in [2.05, 4.69) is 12.2 Å². The lowest BCUT2D eigenvalue weighted by atomic mass is 10.00. The highest BCUT2D eigenvalue weighted by molar-refractivity contribution is 6.09. The van der Waals surface area contributed by atoms with E-state index >= 15 is 0 Å². The maximum atomic E-state index is 13.7. The smallest absolute Gasteiger partial charge is 0.471 e. The van der Waals surface area contributed by atoms with Gasteiger partial charge in [-0.25, -0.2) is 0 Å². The number of aliphatic hydroxyl groups is 1. The zero-order valence-corrected chi connectivity index (χ0v) is 28.1. The highest BCUT2D eigenvalue weighted by Gasteiger charge is 2.44. The van der Waals surface area contributed by atoms with Crippen molar-refractivity contribution in [3.8, 4) is 22.6 Å². The molecule has 2 amide bonds. The molecule has 1 aliphatic rings. The van der Waals surface area contributed by atoms with Crippen LogP contribution in [0.5, 0.6) is 11.5 Å². The standard InChI is InChI=1S/C38H38F3N3O7/c1-3-4-19-50-20-21-51-30-12-8-25(9-13-30)26-10-15-32-28(22-26)23-27(16-18-43(32)37(47)38(39,40)41)36(46)42-29-11-14-31(34(24-29)49-2)35(45)33-7-5-6-17-44(33)48/h5-15,17,22-24,35,45H,3-4,16,18-21H2,1-2H3,(H,42,46). The van der Waals surface area contributed by atoms with E-state index in [0.29, 0.717) is 40.8 Å². The number of nitrogens with zero attached hydrogens (tertiary/aromatic N) is 2. The zero-order chi connectivity index (χ0) is 36.5. The van der Waals surface area contributed by atoms with Gasteiger partial charge >= 0.3 is 12.1 Å². The van der Waals surface area contributed by atoms with Gasteiger partial charge < -0.3 is 34.7 Å². The summed E-state index contributed by atoms with van der Waals surface area (Å²) in [6.07, 6.45) is -1.87. The van der Waals surface area contributed by atoms with Crippen LogP contribution in [0.1, 0.15) is 49.1 Å². The number of carbonyl (C=O) groups is 2. The van der Waals surface area contributed by atoms with E-state index in [9.17, 15) is 33.1 Å². The summed E-state index contributed by atoms with van der Waals surface area (Å²) in [6.45, 7) is 3.21. The molecular weight excluding hydrogens is 667 g/mol. The molecule has 1 aliphatic heterocycles. The van der Waals surface area contributed by atoms with Crippen molar-refractivity contribution in [3.63, 3.8) is 0 Å². The van der Waals surface area contributed by atoms with Gasteiger partial charge in [-0.05, 0) is 72.0 Å². The number of anilines is 2. The molecular formula is C38H38F3N3O7. The van der Waals surface area contributed by atoms with E-state index in [1.54, 1.807) is 30.3 Å². The van der Waals surface area contributed by atoms with Gasteiger partial charge in [0.2, 0.25) is 5.69 Å². The van der Waals surface area contributed by atoms with Crippen molar-refractivity contribution in [1.82, 2.24) is 0 Å². The first-order valence-corrected chi connectivity index (χ1v) is 16.4. The second-order valence-electron chi connectivity index (χ2n) is 11.8. The molecule has 268 valence electrons. The van der Waals surface area contributed by atoms with Crippen LogP contribution in [0.3, 0.4) is 0 Å². The summed E-state index contributed by atoms with van der Waals surface area (Å²) in [6, 6.07) is 20.9. The number of aliphatic hydroxyl groups excluding tert-OH is 1. The molecule has 1 aromatic heterocycles. The van der Waals surface area contributed by atoms with Gasteiger partial charge in [-0.15, -0.1) is 0 Å². The SMILES string of the molecule is CCCCOCCOc1ccc(-c2ccc3c(c2)C=C(C(=O)Nc2ccc(C(O)c4cccc[n+]4[O-])c(OC)c2)CCN3C(=O)C(F)(F)F)cc1. The quantitative estimate of drug-likeness (QED) is 0.0914. The number of alkyl halides is 3. The predicted octanol–water partition coefficient (Wildman–Crippen LogP) is 6.59. The molecule has 1 atom stereocenters. The van der Waals surface area contributed by atoms with Crippen LogP contribution in [0.2, 0.25) is 0 Å². The van der Waals surface area contributed by atoms with Gasteiger partial charge in [0.05, 0.1) is 19.4 Å². The lowest BCUT2D eigenvalue weighted by Crippen LogP contribution is -2.42. The molecule has 4 aromatic rings. The van der Waals surface area contributed by atoms with Crippen molar-refractivity contribution in [2.24, 2.45) is 0 Å². The number of halogens is 3. The molecule has 13 heteroatoms. The summed E-state index contributed by atoms with van der Waals surface area (Å²) in [5.41, 5.74) is 2.42. The van der Waals surface area contributed by atoms with Gasteiger partial charge in [0.25, 0.3) is 5.91 Å². The Morgan fingerprint density at radius 1 is 1.00 bits per heavy atom. The van der Waals surface area contributed by atoms with E-state index in [4.69, 9.17) is 14.2 Å². The first-order chi connectivity index (χ1) is 24.5. The molecule has 51 heavy (non-hydrogen) atoms. The lowest BCUT2D eigenvalue weighted by Gasteiger charge is -2.24.